The van der Waals surface area contributed by atoms with Gasteiger partial charge in [-0.05, 0) is 12.8 Å². The normalized spacial score (nSPS) is 14.7. The molecule has 1 atom stereocenters. The van der Waals surface area contributed by atoms with Crippen molar-refractivity contribution in [2.24, 2.45) is 0 Å². The minimum Gasteiger partial charge on any atom is -0.396 e. The van der Waals surface area contributed by atoms with Crippen molar-refractivity contribution in [3.05, 3.63) is 0 Å². The van der Waals surface area contributed by atoms with Gasteiger partial charge in [-0.1, -0.05) is 0 Å². The molecule has 0 aliphatic carbocycles. The quantitative estimate of drug-likeness (QED) is 0.419. The van der Waals surface area contributed by atoms with Crippen LogP contribution < -0.4 is 0 Å². The lowest BCUT2D eigenvalue weighted by Gasteiger charge is -2.14. The molecule has 0 radical (unpaired) electrons. The lowest BCUT2D eigenvalue weighted by Crippen LogP contribution is -2.16. The molecule has 4 N–H and O–H groups in total. The van der Waals surface area contributed by atoms with Crippen molar-refractivity contribution in [3.8, 4) is 0 Å². The van der Waals surface area contributed by atoms with E-state index in [1.807, 2.05) is 0 Å². The van der Waals surface area contributed by atoms with Gasteiger partial charge >= 0.3 is 7.82 Å². The molecule has 0 heterocycles. The van der Waals surface area contributed by atoms with Crippen LogP contribution in [0.2, 0.25) is 0 Å². The summed E-state index contributed by atoms with van der Waals surface area (Å²) in [5.41, 5.74) is 0. The maximum absolute atomic E-state index is 10.3. The Kier molecular flexibility index (Phi) is 5.65. The van der Waals surface area contributed by atoms with E-state index in [1.54, 1.807) is 0 Å². The topological polar surface area (TPSA) is 107 Å². The molecule has 0 rings (SSSR count). The summed E-state index contributed by atoms with van der Waals surface area (Å²) in [5.74, 6) is 0. The van der Waals surface area contributed by atoms with Crippen LogP contribution in [-0.4, -0.2) is 39.3 Å². The van der Waals surface area contributed by atoms with Crippen LogP contribution in [0, 0.1) is 0 Å². The Balaban J connectivity index is 3.75. The first-order valence-corrected chi connectivity index (χ1v) is 4.98. The molecule has 0 amide bonds. The number of phosphoric acid groups is 1. The van der Waals surface area contributed by atoms with Crippen molar-refractivity contribution in [3.63, 3.8) is 0 Å². The number of hydrogen-bond donors (Lipinski definition) is 4. The highest BCUT2D eigenvalue weighted by molar-refractivity contribution is 7.46. The van der Waals surface area contributed by atoms with Crippen LogP contribution in [0.25, 0.3) is 0 Å². The van der Waals surface area contributed by atoms with Gasteiger partial charge in [-0.3, -0.25) is 4.52 Å². The standard InChI is InChI=1S/C5H13O6P/c6-3-1-2-5(4-7)11-12(8,9)10/h5-7H,1-4H2,(H2,8,9,10)/t5-/m1/s1. The highest BCUT2D eigenvalue weighted by Gasteiger charge is 2.20. The summed E-state index contributed by atoms with van der Waals surface area (Å²) in [5, 5.41) is 16.9. The van der Waals surface area contributed by atoms with Gasteiger partial charge in [0.25, 0.3) is 0 Å². The third-order valence-corrected chi connectivity index (χ3v) is 1.75. The van der Waals surface area contributed by atoms with Crippen LogP contribution in [0.15, 0.2) is 0 Å². The largest absolute Gasteiger partial charge is 0.469 e. The van der Waals surface area contributed by atoms with Crippen LogP contribution in [0.3, 0.4) is 0 Å². The molecule has 74 valence electrons. The first-order valence-electron chi connectivity index (χ1n) is 3.45. The van der Waals surface area contributed by atoms with Gasteiger partial charge in [-0.2, -0.15) is 0 Å². The van der Waals surface area contributed by atoms with Crippen LogP contribution in [0.1, 0.15) is 12.8 Å². The van der Waals surface area contributed by atoms with E-state index in [9.17, 15) is 4.57 Å². The molecule has 0 aliphatic rings. The Morgan fingerprint density at radius 1 is 1.33 bits per heavy atom. The molecule has 0 aromatic carbocycles. The number of aliphatic hydroxyl groups is 2. The second-order valence-electron chi connectivity index (χ2n) is 2.27. The molecule has 6 nitrogen and oxygen atoms in total. The molecule has 0 spiro atoms. The van der Waals surface area contributed by atoms with E-state index in [-0.39, 0.29) is 13.0 Å². The summed E-state index contributed by atoms with van der Waals surface area (Å²) < 4.78 is 14.5. The Morgan fingerprint density at radius 3 is 2.25 bits per heavy atom. The van der Waals surface area contributed by atoms with Gasteiger partial charge in [0.05, 0.1) is 12.7 Å². The van der Waals surface area contributed by atoms with E-state index in [4.69, 9.17) is 20.0 Å². The maximum Gasteiger partial charge on any atom is 0.469 e. The minimum absolute atomic E-state index is 0.0962. The monoisotopic (exact) mass is 200 g/mol. The molecular weight excluding hydrogens is 187 g/mol. The van der Waals surface area contributed by atoms with Gasteiger partial charge in [0.2, 0.25) is 0 Å². The Morgan fingerprint density at radius 2 is 1.92 bits per heavy atom. The van der Waals surface area contributed by atoms with Crippen LogP contribution >= 0.6 is 7.82 Å². The van der Waals surface area contributed by atoms with Crippen molar-refractivity contribution in [1.29, 1.82) is 0 Å². The van der Waals surface area contributed by atoms with Crippen molar-refractivity contribution in [1.82, 2.24) is 0 Å². The molecule has 0 aliphatic heterocycles. The van der Waals surface area contributed by atoms with Crippen LogP contribution in [0.4, 0.5) is 0 Å². The predicted octanol–water partition coefficient (Wildman–Crippen LogP) is -0.771. The van der Waals surface area contributed by atoms with Crippen LogP contribution in [-0.2, 0) is 9.09 Å². The molecule has 0 aromatic rings. The maximum atomic E-state index is 10.3. The zero-order chi connectivity index (χ0) is 9.61. The fourth-order valence-electron chi connectivity index (χ4n) is 0.690. The minimum atomic E-state index is -4.52. The van der Waals surface area contributed by atoms with Crippen molar-refractivity contribution in [2.75, 3.05) is 13.2 Å². The van der Waals surface area contributed by atoms with E-state index in [2.05, 4.69) is 4.52 Å². The van der Waals surface area contributed by atoms with E-state index in [0.717, 1.165) is 0 Å². The Hall–Kier alpha value is 0.0300. The SMILES string of the molecule is O=P(O)(O)O[C@@H](CO)CCCO. The van der Waals surface area contributed by atoms with Gasteiger partial charge < -0.3 is 20.0 Å². The first kappa shape index (κ1) is 12.0. The highest BCUT2D eigenvalue weighted by atomic mass is 31.2. The van der Waals surface area contributed by atoms with E-state index < -0.39 is 20.5 Å². The molecule has 0 saturated heterocycles. The summed E-state index contributed by atoms with van der Waals surface area (Å²) in [4.78, 5) is 16.7. The zero-order valence-electron chi connectivity index (χ0n) is 6.46. The van der Waals surface area contributed by atoms with Crippen LogP contribution in [0.5, 0.6) is 0 Å². The second kappa shape index (κ2) is 5.64. The van der Waals surface area contributed by atoms with Gasteiger partial charge in [-0.25, -0.2) is 4.57 Å². The van der Waals surface area contributed by atoms with Gasteiger partial charge in [-0.15, -0.1) is 0 Å². The van der Waals surface area contributed by atoms with Crippen molar-refractivity contribution < 1.29 is 29.1 Å². The fourth-order valence-corrected chi connectivity index (χ4v) is 1.25. The van der Waals surface area contributed by atoms with Crippen molar-refractivity contribution in [2.45, 2.75) is 18.9 Å². The summed E-state index contributed by atoms with van der Waals surface area (Å²) in [6, 6.07) is 0. The number of aliphatic hydroxyl groups excluding tert-OH is 2. The van der Waals surface area contributed by atoms with E-state index >= 15 is 0 Å². The molecular formula is C5H13O6P. The van der Waals surface area contributed by atoms with E-state index in [0.29, 0.717) is 6.42 Å². The first-order chi connectivity index (χ1) is 5.49. The fraction of sp³-hybridized carbons (Fsp3) is 1.00. The van der Waals surface area contributed by atoms with Gasteiger partial charge in [0, 0.05) is 6.61 Å². The third kappa shape index (κ3) is 6.72. The lowest BCUT2D eigenvalue weighted by atomic mass is 10.2. The summed E-state index contributed by atoms with van der Waals surface area (Å²) in [7, 11) is -4.52. The molecule has 0 unspecified atom stereocenters. The Labute approximate surface area is 70.0 Å². The third-order valence-electron chi connectivity index (χ3n) is 1.17. The van der Waals surface area contributed by atoms with Gasteiger partial charge in [0.15, 0.2) is 0 Å². The average molecular weight is 200 g/mol. The molecule has 12 heavy (non-hydrogen) atoms. The second-order valence-corrected chi connectivity index (χ2v) is 3.46. The number of phosphoric ester groups is 1. The smallest absolute Gasteiger partial charge is 0.396 e. The summed E-state index contributed by atoms with van der Waals surface area (Å²) >= 11 is 0. The molecule has 0 aromatic heterocycles. The lowest BCUT2D eigenvalue weighted by molar-refractivity contribution is 0.0696. The average Bonchev–Trinajstić information content (AvgIpc) is 1.95. The summed E-state index contributed by atoms with van der Waals surface area (Å²) in [6.07, 6.45) is -0.346. The van der Waals surface area contributed by atoms with E-state index in [1.165, 1.54) is 0 Å². The molecule has 0 saturated carbocycles. The highest BCUT2D eigenvalue weighted by Crippen LogP contribution is 2.38. The Bertz CT molecular complexity index is 154. The summed E-state index contributed by atoms with van der Waals surface area (Å²) in [6.45, 7) is -0.563. The molecule has 7 heteroatoms. The molecule has 0 fully saturated rings. The van der Waals surface area contributed by atoms with Crippen molar-refractivity contribution >= 4 is 7.82 Å². The predicted molar refractivity (Wildman–Crippen MR) is 40.3 cm³/mol. The number of hydrogen-bond acceptors (Lipinski definition) is 4. The molecule has 0 bridgehead atoms. The number of rotatable bonds is 6. The zero-order valence-corrected chi connectivity index (χ0v) is 7.35. The van der Waals surface area contributed by atoms with Gasteiger partial charge in [0.1, 0.15) is 0 Å².